The molecule has 1 aromatic carbocycles. The quantitative estimate of drug-likeness (QED) is 0.639. The molecule has 0 bridgehead atoms. The number of hydrogen-bond donors (Lipinski definition) is 1. The van der Waals surface area contributed by atoms with Crippen LogP contribution in [0.4, 0.5) is 4.39 Å². The number of hydrogen-bond acceptors (Lipinski definition) is 3. The van der Waals surface area contributed by atoms with Gasteiger partial charge in [-0.05, 0) is 18.6 Å². The van der Waals surface area contributed by atoms with Crippen LogP contribution < -0.4 is 5.32 Å². The first-order valence-corrected chi connectivity index (χ1v) is 5.34. The minimum absolute atomic E-state index is 0.115. The Bertz CT molecular complexity index is 459. The summed E-state index contributed by atoms with van der Waals surface area (Å²) in [5.74, 6) is -1.90. The van der Waals surface area contributed by atoms with E-state index in [-0.39, 0.29) is 12.0 Å². The average Bonchev–Trinajstić information content (AvgIpc) is 2.37. The first-order valence-electron chi connectivity index (χ1n) is 5.34. The van der Waals surface area contributed by atoms with E-state index < -0.39 is 23.7 Å². The Morgan fingerprint density at radius 1 is 1.50 bits per heavy atom. The topological polar surface area (TPSA) is 55.4 Å². The van der Waals surface area contributed by atoms with Crippen molar-refractivity contribution in [3.63, 3.8) is 0 Å². The SMILES string of the molecule is C=CC[C@@H](NC(=O)c1ccccc1F)C(=O)OC. The highest BCUT2D eigenvalue weighted by molar-refractivity contribution is 5.97. The van der Waals surface area contributed by atoms with Crippen LogP contribution in [0.5, 0.6) is 0 Å². The Labute approximate surface area is 104 Å². The number of amides is 1. The van der Waals surface area contributed by atoms with Crippen LogP contribution in [0.2, 0.25) is 0 Å². The Kier molecular flexibility index (Phi) is 5.05. The fourth-order valence-corrected chi connectivity index (χ4v) is 1.40. The van der Waals surface area contributed by atoms with E-state index in [0.717, 1.165) is 0 Å². The maximum absolute atomic E-state index is 13.4. The van der Waals surface area contributed by atoms with Crippen LogP contribution >= 0.6 is 0 Å². The smallest absolute Gasteiger partial charge is 0.328 e. The first-order chi connectivity index (χ1) is 8.60. The molecule has 96 valence electrons. The second-order valence-electron chi connectivity index (χ2n) is 3.55. The summed E-state index contributed by atoms with van der Waals surface area (Å²) in [4.78, 5) is 23.2. The molecule has 1 N–H and O–H groups in total. The van der Waals surface area contributed by atoms with Crippen LogP contribution in [0, 0.1) is 5.82 Å². The van der Waals surface area contributed by atoms with Crippen LogP contribution in [0.15, 0.2) is 36.9 Å². The van der Waals surface area contributed by atoms with Gasteiger partial charge in [0, 0.05) is 0 Å². The van der Waals surface area contributed by atoms with E-state index in [0.29, 0.717) is 0 Å². The molecule has 18 heavy (non-hydrogen) atoms. The van der Waals surface area contributed by atoms with Gasteiger partial charge in [0.25, 0.3) is 5.91 Å². The molecule has 0 aliphatic rings. The number of benzene rings is 1. The summed E-state index contributed by atoms with van der Waals surface area (Å²) in [5.41, 5.74) is -0.115. The number of carbonyl (C=O) groups excluding carboxylic acids is 2. The third-order valence-corrected chi connectivity index (χ3v) is 2.31. The molecular weight excluding hydrogens is 237 g/mol. The molecule has 0 aliphatic carbocycles. The zero-order chi connectivity index (χ0) is 13.5. The zero-order valence-corrected chi connectivity index (χ0v) is 9.98. The summed E-state index contributed by atoms with van der Waals surface area (Å²) in [7, 11) is 1.22. The van der Waals surface area contributed by atoms with E-state index in [1.165, 1.54) is 31.4 Å². The third-order valence-electron chi connectivity index (χ3n) is 2.31. The Morgan fingerprint density at radius 2 is 2.17 bits per heavy atom. The molecule has 1 atom stereocenters. The number of carbonyl (C=O) groups is 2. The molecule has 0 aliphatic heterocycles. The largest absolute Gasteiger partial charge is 0.467 e. The monoisotopic (exact) mass is 251 g/mol. The number of halogens is 1. The normalized spacial score (nSPS) is 11.4. The Balaban J connectivity index is 2.82. The van der Waals surface area contributed by atoms with Gasteiger partial charge in [-0.3, -0.25) is 4.79 Å². The van der Waals surface area contributed by atoms with Gasteiger partial charge in [-0.25, -0.2) is 9.18 Å². The summed E-state index contributed by atoms with van der Waals surface area (Å²) < 4.78 is 17.9. The molecule has 5 heteroatoms. The van der Waals surface area contributed by atoms with E-state index in [1.807, 2.05) is 0 Å². The summed E-state index contributed by atoms with van der Waals surface area (Å²) in [6, 6.07) is 4.67. The molecule has 0 spiro atoms. The Morgan fingerprint density at radius 3 is 2.72 bits per heavy atom. The molecule has 0 saturated heterocycles. The van der Waals surface area contributed by atoms with Gasteiger partial charge in [-0.15, -0.1) is 6.58 Å². The van der Waals surface area contributed by atoms with Crippen LogP contribution in [0.3, 0.4) is 0 Å². The molecule has 0 saturated carbocycles. The molecule has 1 amide bonds. The van der Waals surface area contributed by atoms with Crippen molar-refractivity contribution in [2.24, 2.45) is 0 Å². The van der Waals surface area contributed by atoms with Crippen LogP contribution in [0.1, 0.15) is 16.8 Å². The maximum atomic E-state index is 13.4. The molecule has 0 radical (unpaired) electrons. The van der Waals surface area contributed by atoms with Gasteiger partial charge < -0.3 is 10.1 Å². The van der Waals surface area contributed by atoms with Crippen molar-refractivity contribution < 1.29 is 18.7 Å². The Hall–Kier alpha value is -2.17. The van der Waals surface area contributed by atoms with E-state index in [1.54, 1.807) is 6.07 Å². The van der Waals surface area contributed by atoms with Crippen LogP contribution in [0.25, 0.3) is 0 Å². The predicted octanol–water partition coefficient (Wildman–Crippen LogP) is 1.67. The number of ether oxygens (including phenoxy) is 1. The lowest BCUT2D eigenvalue weighted by Crippen LogP contribution is -2.41. The van der Waals surface area contributed by atoms with Gasteiger partial charge in [0.2, 0.25) is 0 Å². The van der Waals surface area contributed by atoms with Crippen LogP contribution in [-0.2, 0) is 9.53 Å². The minimum Gasteiger partial charge on any atom is -0.467 e. The number of nitrogens with one attached hydrogen (secondary N) is 1. The summed E-state index contributed by atoms with van der Waals surface area (Å²) in [6.45, 7) is 3.48. The molecule has 0 heterocycles. The lowest BCUT2D eigenvalue weighted by Gasteiger charge is -2.14. The zero-order valence-electron chi connectivity index (χ0n) is 9.98. The summed E-state index contributed by atoms with van der Waals surface area (Å²) in [5, 5.41) is 2.40. The number of rotatable bonds is 5. The van der Waals surface area contributed by atoms with E-state index in [2.05, 4.69) is 16.6 Å². The highest BCUT2D eigenvalue weighted by Gasteiger charge is 2.21. The van der Waals surface area contributed by atoms with E-state index in [9.17, 15) is 14.0 Å². The van der Waals surface area contributed by atoms with Crippen molar-refractivity contribution in [1.82, 2.24) is 5.32 Å². The van der Waals surface area contributed by atoms with Crippen LogP contribution in [-0.4, -0.2) is 25.0 Å². The van der Waals surface area contributed by atoms with Gasteiger partial charge in [-0.1, -0.05) is 18.2 Å². The van der Waals surface area contributed by atoms with Crippen molar-refractivity contribution in [2.45, 2.75) is 12.5 Å². The third kappa shape index (κ3) is 3.41. The highest BCUT2D eigenvalue weighted by atomic mass is 19.1. The molecule has 1 aromatic rings. The summed E-state index contributed by atoms with van der Waals surface area (Å²) >= 11 is 0. The average molecular weight is 251 g/mol. The van der Waals surface area contributed by atoms with E-state index in [4.69, 9.17) is 0 Å². The molecule has 1 rings (SSSR count). The minimum atomic E-state index is -0.861. The van der Waals surface area contributed by atoms with Gasteiger partial charge in [0.05, 0.1) is 12.7 Å². The lowest BCUT2D eigenvalue weighted by molar-refractivity contribution is -0.142. The van der Waals surface area contributed by atoms with Crippen molar-refractivity contribution in [1.29, 1.82) is 0 Å². The number of esters is 1. The molecule has 0 unspecified atom stereocenters. The molecular formula is C13H14FNO3. The standard InChI is InChI=1S/C13H14FNO3/c1-3-6-11(13(17)18-2)15-12(16)9-7-4-5-8-10(9)14/h3-5,7-8,11H,1,6H2,2H3,(H,15,16)/t11-/m1/s1. The second-order valence-corrected chi connectivity index (χ2v) is 3.55. The fraction of sp³-hybridized carbons (Fsp3) is 0.231. The molecule has 0 fully saturated rings. The predicted molar refractivity (Wildman–Crippen MR) is 64.5 cm³/mol. The van der Waals surface area contributed by atoms with E-state index >= 15 is 0 Å². The van der Waals surface area contributed by atoms with Crippen molar-refractivity contribution in [3.05, 3.63) is 48.3 Å². The molecule has 0 aromatic heterocycles. The van der Waals surface area contributed by atoms with Gasteiger partial charge >= 0.3 is 5.97 Å². The highest BCUT2D eigenvalue weighted by Crippen LogP contribution is 2.07. The summed E-state index contributed by atoms with van der Waals surface area (Å²) in [6.07, 6.45) is 1.69. The van der Waals surface area contributed by atoms with Gasteiger partial charge in [0.1, 0.15) is 11.9 Å². The van der Waals surface area contributed by atoms with Crippen molar-refractivity contribution in [3.8, 4) is 0 Å². The van der Waals surface area contributed by atoms with Crippen molar-refractivity contribution >= 4 is 11.9 Å². The van der Waals surface area contributed by atoms with Gasteiger partial charge in [-0.2, -0.15) is 0 Å². The maximum Gasteiger partial charge on any atom is 0.328 e. The van der Waals surface area contributed by atoms with Crippen molar-refractivity contribution in [2.75, 3.05) is 7.11 Å². The first kappa shape index (κ1) is 13.9. The fourth-order valence-electron chi connectivity index (χ4n) is 1.40. The van der Waals surface area contributed by atoms with Gasteiger partial charge in [0.15, 0.2) is 0 Å². The number of methoxy groups -OCH3 is 1. The second kappa shape index (κ2) is 6.54. The lowest BCUT2D eigenvalue weighted by atomic mass is 10.1. The molecule has 4 nitrogen and oxygen atoms in total.